The number of ketones is 1. The van der Waals surface area contributed by atoms with Crippen molar-refractivity contribution in [2.24, 2.45) is 0 Å². The van der Waals surface area contributed by atoms with E-state index in [1.165, 1.54) is 11.1 Å². The maximum atomic E-state index is 11.7. The number of H-pyrrole nitrogens is 1. The first kappa shape index (κ1) is 23.8. The molecule has 0 saturated carbocycles. The Kier molecular flexibility index (Phi) is 7.06. The number of thiophene rings is 1. The minimum absolute atomic E-state index is 0.0459. The van der Waals surface area contributed by atoms with Crippen LogP contribution < -0.4 is 0 Å². The molecule has 1 unspecified atom stereocenters. The highest BCUT2D eigenvalue weighted by atomic mass is 35.5. The van der Waals surface area contributed by atoms with Gasteiger partial charge in [-0.25, -0.2) is 4.98 Å². The number of nitrogens with zero attached hydrogens (tertiary/aromatic N) is 5. The van der Waals surface area contributed by atoms with Crippen molar-refractivity contribution in [1.29, 1.82) is 0 Å². The van der Waals surface area contributed by atoms with Gasteiger partial charge in [-0.1, -0.05) is 23.7 Å². The number of aromatic amines is 1. The summed E-state index contributed by atoms with van der Waals surface area (Å²) >= 11 is 7.92. The first-order valence-electron chi connectivity index (χ1n) is 11.6. The summed E-state index contributed by atoms with van der Waals surface area (Å²) in [6, 6.07) is 14.5. The summed E-state index contributed by atoms with van der Waals surface area (Å²) in [7, 11) is 2.17. The van der Waals surface area contributed by atoms with E-state index in [9.17, 15) is 4.79 Å². The minimum atomic E-state index is 0.0459. The van der Waals surface area contributed by atoms with Gasteiger partial charge >= 0.3 is 0 Å². The van der Waals surface area contributed by atoms with Gasteiger partial charge in [0.2, 0.25) is 0 Å². The summed E-state index contributed by atoms with van der Waals surface area (Å²) < 4.78 is 0. The fourth-order valence-corrected chi connectivity index (χ4v) is 5.81. The molecule has 9 heteroatoms. The lowest BCUT2D eigenvalue weighted by Gasteiger charge is -2.38. The molecule has 180 valence electrons. The zero-order valence-corrected chi connectivity index (χ0v) is 21.3. The topological polar surface area (TPSA) is 78.0 Å². The number of carbonyl (C=O) groups is 1. The van der Waals surface area contributed by atoms with Crippen LogP contribution in [0.25, 0.3) is 21.1 Å². The number of Topliss-reactive ketones (excluding diaryl/α,β-unsaturated/α-hetero) is 1. The average Bonchev–Trinajstić information content (AvgIpc) is 3.52. The average molecular weight is 507 g/mol. The van der Waals surface area contributed by atoms with Crippen molar-refractivity contribution in [3.05, 3.63) is 76.8 Å². The maximum absolute atomic E-state index is 11.7. The van der Waals surface area contributed by atoms with Gasteiger partial charge in [0.25, 0.3) is 0 Å². The Hall–Kier alpha value is -2.91. The molecular formula is C26H27ClN6OS. The number of carbonyl (C=O) groups excluding carboxylic acids is 1. The molecule has 35 heavy (non-hydrogen) atoms. The van der Waals surface area contributed by atoms with Gasteiger partial charge in [0.1, 0.15) is 12.1 Å². The van der Waals surface area contributed by atoms with Gasteiger partial charge in [0, 0.05) is 54.4 Å². The fraction of sp³-hybridized carbons (Fsp3) is 0.308. The number of benzene rings is 1. The van der Waals surface area contributed by atoms with Crippen molar-refractivity contribution in [1.82, 2.24) is 30.0 Å². The number of pyridine rings is 1. The zero-order valence-electron chi connectivity index (χ0n) is 19.7. The summed E-state index contributed by atoms with van der Waals surface area (Å²) in [6.45, 7) is 5.53. The summed E-state index contributed by atoms with van der Waals surface area (Å²) in [6.07, 6.45) is 3.65. The molecule has 4 heterocycles. The lowest BCUT2D eigenvalue weighted by atomic mass is 9.95. The lowest BCUT2D eigenvalue weighted by Crippen LogP contribution is -2.46. The van der Waals surface area contributed by atoms with Crippen molar-refractivity contribution >= 4 is 28.7 Å². The molecule has 1 aromatic carbocycles. The van der Waals surface area contributed by atoms with Gasteiger partial charge in [0.15, 0.2) is 5.82 Å². The Bertz CT molecular complexity index is 1300. The Morgan fingerprint density at radius 2 is 1.89 bits per heavy atom. The highest BCUT2D eigenvalue weighted by Gasteiger charge is 2.30. The van der Waals surface area contributed by atoms with Crippen LogP contribution in [0.15, 0.2) is 55.0 Å². The van der Waals surface area contributed by atoms with Gasteiger partial charge in [-0.15, -0.1) is 11.3 Å². The van der Waals surface area contributed by atoms with E-state index < -0.39 is 0 Å². The largest absolute Gasteiger partial charge is 0.304 e. The van der Waals surface area contributed by atoms with E-state index in [1.807, 2.05) is 24.3 Å². The van der Waals surface area contributed by atoms with Gasteiger partial charge in [-0.3, -0.25) is 19.8 Å². The number of nitrogens with one attached hydrogen (secondary N) is 1. The molecule has 0 radical (unpaired) electrons. The minimum Gasteiger partial charge on any atom is -0.304 e. The Morgan fingerprint density at radius 1 is 1.11 bits per heavy atom. The van der Waals surface area contributed by atoms with Crippen LogP contribution in [0.5, 0.6) is 0 Å². The Balaban J connectivity index is 1.63. The van der Waals surface area contributed by atoms with E-state index in [4.69, 9.17) is 11.6 Å². The number of hydrogen-bond acceptors (Lipinski definition) is 7. The molecular weight excluding hydrogens is 480 g/mol. The van der Waals surface area contributed by atoms with E-state index in [0.29, 0.717) is 6.42 Å². The van der Waals surface area contributed by atoms with E-state index in [2.05, 4.69) is 55.2 Å². The molecule has 0 aliphatic carbocycles. The molecule has 1 aliphatic rings. The number of rotatable bonds is 7. The third kappa shape index (κ3) is 5.36. The maximum Gasteiger partial charge on any atom is 0.165 e. The van der Waals surface area contributed by atoms with Crippen molar-refractivity contribution in [3.63, 3.8) is 0 Å². The number of halogens is 1. The normalized spacial score (nSPS) is 15.9. The van der Waals surface area contributed by atoms with Crippen LogP contribution in [-0.4, -0.2) is 69.0 Å². The molecule has 1 fully saturated rings. The van der Waals surface area contributed by atoms with Gasteiger partial charge < -0.3 is 4.90 Å². The summed E-state index contributed by atoms with van der Waals surface area (Å²) in [5, 5.41) is 7.91. The van der Waals surface area contributed by atoms with Crippen molar-refractivity contribution in [3.8, 4) is 21.1 Å². The lowest BCUT2D eigenvalue weighted by molar-refractivity contribution is -0.116. The van der Waals surface area contributed by atoms with Crippen LogP contribution >= 0.6 is 22.9 Å². The van der Waals surface area contributed by atoms with E-state index in [-0.39, 0.29) is 11.8 Å². The zero-order chi connectivity index (χ0) is 24.4. The molecule has 1 aliphatic heterocycles. The van der Waals surface area contributed by atoms with Crippen LogP contribution in [-0.2, 0) is 11.2 Å². The molecule has 3 aromatic heterocycles. The highest BCUT2D eigenvalue weighted by Crippen LogP contribution is 2.43. The third-order valence-electron chi connectivity index (χ3n) is 6.31. The standard InChI is InChI=1S/C26H27ClN6OS/c1-17(34)13-21-14-19(7-8-28-21)23-15-22(25(35-23)26-29-16-30-31-26)24(18-3-5-20(27)6-4-18)33-11-9-32(2)10-12-33/h3-8,14-16,24H,9-13H2,1-2H3,(H,29,30,31). The smallest absolute Gasteiger partial charge is 0.165 e. The second-order valence-electron chi connectivity index (χ2n) is 8.94. The van der Waals surface area contributed by atoms with Crippen molar-refractivity contribution in [2.75, 3.05) is 33.2 Å². The first-order chi connectivity index (χ1) is 17.0. The van der Waals surface area contributed by atoms with Crippen molar-refractivity contribution < 1.29 is 4.79 Å². The molecule has 1 saturated heterocycles. The molecule has 1 N–H and O–H groups in total. The number of aromatic nitrogens is 4. The van der Waals surface area contributed by atoms with Gasteiger partial charge in [0.05, 0.1) is 10.9 Å². The molecule has 5 rings (SSSR count). The van der Waals surface area contributed by atoms with Gasteiger partial charge in [-0.2, -0.15) is 5.10 Å². The number of likely N-dealkylation sites (N-methyl/N-ethyl adjacent to an activating group) is 1. The fourth-order valence-electron chi connectivity index (χ4n) is 4.55. The Morgan fingerprint density at radius 3 is 2.57 bits per heavy atom. The predicted molar refractivity (Wildman–Crippen MR) is 140 cm³/mol. The SMILES string of the molecule is CC(=O)Cc1cc(-c2cc(C(c3ccc(Cl)cc3)N3CCN(C)CC3)c(-c3ncn[nH]3)s2)ccn1. The van der Waals surface area contributed by atoms with Gasteiger partial charge in [-0.05, 0) is 61.0 Å². The summed E-state index contributed by atoms with van der Waals surface area (Å²) in [5.41, 5.74) is 4.19. The number of hydrogen-bond donors (Lipinski definition) is 1. The summed E-state index contributed by atoms with van der Waals surface area (Å²) in [4.78, 5) is 27.6. The Labute approximate surface area is 213 Å². The van der Waals surface area contributed by atoms with Crippen LogP contribution in [0, 0.1) is 0 Å². The molecule has 7 nitrogen and oxygen atoms in total. The molecule has 0 bridgehead atoms. The van der Waals surface area contributed by atoms with Crippen LogP contribution in [0.4, 0.5) is 0 Å². The monoisotopic (exact) mass is 506 g/mol. The predicted octanol–water partition coefficient (Wildman–Crippen LogP) is 4.72. The molecule has 4 aromatic rings. The molecule has 0 amide bonds. The van der Waals surface area contributed by atoms with Crippen LogP contribution in [0.2, 0.25) is 5.02 Å². The van der Waals surface area contributed by atoms with Crippen LogP contribution in [0.3, 0.4) is 0 Å². The third-order valence-corrected chi connectivity index (χ3v) is 7.76. The second-order valence-corrected chi connectivity index (χ2v) is 10.4. The van der Waals surface area contributed by atoms with Crippen molar-refractivity contribution in [2.45, 2.75) is 19.4 Å². The van der Waals surface area contributed by atoms with E-state index >= 15 is 0 Å². The first-order valence-corrected chi connectivity index (χ1v) is 12.8. The van der Waals surface area contributed by atoms with Crippen LogP contribution in [0.1, 0.15) is 29.8 Å². The molecule has 1 atom stereocenters. The summed E-state index contributed by atoms with van der Waals surface area (Å²) in [5.74, 6) is 0.851. The van der Waals surface area contributed by atoms with E-state index in [0.717, 1.165) is 58.0 Å². The van der Waals surface area contributed by atoms with E-state index in [1.54, 1.807) is 30.8 Å². The second kappa shape index (κ2) is 10.4. The highest BCUT2D eigenvalue weighted by molar-refractivity contribution is 7.19. The quantitative estimate of drug-likeness (QED) is 0.391. The molecule has 0 spiro atoms. The number of piperazine rings is 1.